The van der Waals surface area contributed by atoms with Crippen molar-refractivity contribution >= 4 is 105 Å². The molecule has 0 unspecified atom stereocenters. The van der Waals surface area contributed by atoms with E-state index in [1.54, 1.807) is 0 Å². The third-order valence-corrected chi connectivity index (χ3v) is 18.1. The zero-order valence-electron chi connectivity index (χ0n) is 41.4. The maximum absolute atomic E-state index is 6.65. The predicted octanol–water partition coefficient (Wildman–Crippen LogP) is 16.7. The van der Waals surface area contributed by atoms with Gasteiger partial charge in [0.2, 0.25) is 0 Å². The highest BCUT2D eigenvalue weighted by Gasteiger charge is 2.43. The average molecular weight is 912 g/mol. The monoisotopic (exact) mass is 911 g/mol. The number of benzene rings is 8. The molecular formula is C64H56BN2OS. The molecule has 3 aromatic heterocycles. The van der Waals surface area contributed by atoms with E-state index in [9.17, 15) is 0 Å². The Morgan fingerprint density at radius 1 is 0.594 bits per heavy atom. The minimum atomic E-state index is -0.190. The first-order valence-corrected chi connectivity index (χ1v) is 25.8. The summed E-state index contributed by atoms with van der Waals surface area (Å²) in [6.07, 6.45) is 2.39. The predicted molar refractivity (Wildman–Crippen MR) is 297 cm³/mol. The fourth-order valence-electron chi connectivity index (χ4n) is 12.9. The summed E-state index contributed by atoms with van der Waals surface area (Å²) in [5, 5.41) is 11.5. The van der Waals surface area contributed by atoms with Crippen LogP contribution in [0.4, 0.5) is 11.4 Å². The number of aromatic nitrogens is 1. The van der Waals surface area contributed by atoms with Gasteiger partial charge in [0, 0.05) is 81.3 Å². The number of rotatable bonds is 3. The molecule has 8 aromatic carbocycles. The molecule has 3 aliphatic rings. The van der Waals surface area contributed by atoms with Crippen molar-refractivity contribution in [3.05, 3.63) is 161 Å². The molecule has 11 aromatic rings. The summed E-state index contributed by atoms with van der Waals surface area (Å²) >= 11 is 1.89. The van der Waals surface area contributed by atoms with E-state index in [4.69, 9.17) is 4.42 Å². The summed E-state index contributed by atoms with van der Waals surface area (Å²) < 4.78 is 11.8. The molecule has 0 fully saturated rings. The van der Waals surface area contributed by atoms with Crippen LogP contribution in [0.25, 0.3) is 91.9 Å². The zero-order chi connectivity index (χ0) is 47.3. The van der Waals surface area contributed by atoms with Crippen molar-refractivity contribution < 1.29 is 4.42 Å². The highest BCUT2D eigenvalue weighted by Crippen LogP contribution is 2.56. The minimum Gasteiger partial charge on any atom is -0.456 e. The fraction of sp³-hybridized carbons (Fsp3) is 0.250. The second-order valence-corrected chi connectivity index (χ2v) is 24.6. The van der Waals surface area contributed by atoms with Crippen LogP contribution in [0.15, 0.2) is 132 Å². The fourth-order valence-corrected chi connectivity index (χ4v) is 14.0. The number of thiophene rings is 1. The third-order valence-electron chi connectivity index (χ3n) is 16.9. The number of para-hydroxylation sites is 1. The maximum atomic E-state index is 6.65. The van der Waals surface area contributed by atoms with Gasteiger partial charge in [0.25, 0.3) is 0 Å². The van der Waals surface area contributed by atoms with Crippen molar-refractivity contribution in [2.24, 2.45) is 0 Å². The first kappa shape index (κ1) is 41.4. The number of nitrogens with one attached hydrogen (secondary N) is 1. The lowest BCUT2D eigenvalue weighted by atomic mass is 9.58. The summed E-state index contributed by atoms with van der Waals surface area (Å²) in [5.74, 6) is 0. The van der Waals surface area contributed by atoms with Crippen molar-refractivity contribution in [1.29, 1.82) is 0 Å². The van der Waals surface area contributed by atoms with Gasteiger partial charge in [0.05, 0.1) is 5.52 Å². The summed E-state index contributed by atoms with van der Waals surface area (Å²) in [6, 6.07) is 48.9. The van der Waals surface area contributed by atoms with Crippen LogP contribution in [0.2, 0.25) is 0 Å². The van der Waals surface area contributed by atoms with Crippen LogP contribution in [-0.2, 0) is 21.7 Å². The number of hydrogen-bond donors (Lipinski definition) is 1. The highest BCUT2D eigenvalue weighted by atomic mass is 32.1. The Bertz CT molecular complexity index is 4090. The molecule has 0 bridgehead atoms. The zero-order valence-corrected chi connectivity index (χ0v) is 42.2. The van der Waals surface area contributed by atoms with Crippen LogP contribution in [0.1, 0.15) is 109 Å². The van der Waals surface area contributed by atoms with Crippen LogP contribution in [0.5, 0.6) is 0 Å². The van der Waals surface area contributed by atoms with Crippen LogP contribution >= 0.6 is 11.3 Å². The van der Waals surface area contributed by atoms with E-state index in [2.05, 4.69) is 214 Å². The molecule has 1 radical (unpaired) electrons. The molecule has 0 saturated heterocycles. The van der Waals surface area contributed by atoms with Gasteiger partial charge < -0.3 is 14.3 Å². The van der Waals surface area contributed by atoms with Gasteiger partial charge in [-0.1, -0.05) is 128 Å². The molecule has 1 aliphatic heterocycles. The van der Waals surface area contributed by atoms with Crippen LogP contribution in [0.3, 0.4) is 0 Å². The van der Waals surface area contributed by atoms with Crippen molar-refractivity contribution in [3.8, 4) is 27.9 Å². The normalized spacial score (nSPS) is 16.3. The summed E-state index contributed by atoms with van der Waals surface area (Å²) in [6.45, 7) is 23.9. The Hall–Kier alpha value is -6.56. The van der Waals surface area contributed by atoms with E-state index < -0.39 is 0 Å². The molecule has 0 amide bonds. The van der Waals surface area contributed by atoms with Crippen LogP contribution in [0, 0.1) is 6.92 Å². The second-order valence-electron chi connectivity index (χ2n) is 23.6. The minimum absolute atomic E-state index is 0.0621. The molecule has 69 heavy (non-hydrogen) atoms. The van der Waals surface area contributed by atoms with Gasteiger partial charge in [0.15, 0.2) is 7.28 Å². The Morgan fingerprint density at radius 3 is 2.06 bits per heavy atom. The molecule has 1 N–H and O–H groups in total. The molecule has 0 saturated carbocycles. The van der Waals surface area contributed by atoms with E-state index in [-0.39, 0.29) is 21.7 Å². The lowest BCUT2D eigenvalue weighted by molar-refractivity contribution is 0.331. The standard InChI is InChI=1S/C64H56BN2OS/c1-34-25-44(41-26-39-40-28-48-49(63(7,8)24-23-62(48,5)6)30-46(40)64(9,10)47(39)31-51(41)66-36-21-19-35(20-22-36)61(2,3)4)59-60-58(34)45-27-42-37-15-11-13-17-54(37)68-55(42)33-52(45)67(60)53-29-43-38-16-12-14-18-56(38)69-57(43)32-50(53)65-59/h11-22,25-33,66H,23-24H2,1-10H3. The maximum Gasteiger partial charge on any atom is 0.197 e. The number of aryl methyl sites for hydroxylation is 1. The first-order valence-electron chi connectivity index (χ1n) is 24.9. The summed E-state index contributed by atoms with van der Waals surface area (Å²) in [5.41, 5.74) is 23.9. The summed E-state index contributed by atoms with van der Waals surface area (Å²) in [4.78, 5) is 0. The number of hydrogen-bond acceptors (Lipinski definition) is 3. The Labute approximate surface area is 409 Å². The highest BCUT2D eigenvalue weighted by molar-refractivity contribution is 7.26. The van der Waals surface area contributed by atoms with Gasteiger partial charge in [0.1, 0.15) is 11.2 Å². The smallest absolute Gasteiger partial charge is 0.197 e. The molecule has 337 valence electrons. The molecular weight excluding hydrogens is 856 g/mol. The molecule has 0 atom stereocenters. The Balaban J connectivity index is 1.08. The Kier molecular flexibility index (Phi) is 8.17. The van der Waals surface area contributed by atoms with Crippen LogP contribution in [-0.4, -0.2) is 11.8 Å². The van der Waals surface area contributed by atoms with Crippen molar-refractivity contribution in [2.45, 2.75) is 104 Å². The summed E-state index contributed by atoms with van der Waals surface area (Å²) in [7, 11) is 2.50. The molecule has 14 rings (SSSR count). The Morgan fingerprint density at radius 2 is 1.29 bits per heavy atom. The van der Waals surface area contributed by atoms with Gasteiger partial charge in [-0.2, -0.15) is 0 Å². The quantitative estimate of drug-likeness (QED) is 0.179. The van der Waals surface area contributed by atoms with Gasteiger partial charge in [-0.25, -0.2) is 0 Å². The third kappa shape index (κ3) is 5.74. The van der Waals surface area contributed by atoms with E-state index in [1.807, 2.05) is 11.3 Å². The lowest BCUT2D eigenvalue weighted by Gasteiger charge is -2.42. The number of anilines is 2. The van der Waals surface area contributed by atoms with Gasteiger partial charge >= 0.3 is 0 Å². The second kappa shape index (κ2) is 13.6. The van der Waals surface area contributed by atoms with Crippen LogP contribution < -0.4 is 16.2 Å². The van der Waals surface area contributed by atoms with E-state index in [1.165, 1.54) is 127 Å². The van der Waals surface area contributed by atoms with E-state index >= 15 is 0 Å². The number of nitrogens with zero attached hydrogens (tertiary/aromatic N) is 1. The molecule has 3 nitrogen and oxygen atoms in total. The van der Waals surface area contributed by atoms with Crippen molar-refractivity contribution in [2.75, 3.05) is 5.32 Å². The van der Waals surface area contributed by atoms with Crippen molar-refractivity contribution in [3.63, 3.8) is 0 Å². The molecule has 2 aliphatic carbocycles. The topological polar surface area (TPSA) is 30.1 Å². The molecule has 4 heterocycles. The van der Waals surface area contributed by atoms with E-state index in [0.29, 0.717) is 0 Å². The SMILES string of the molecule is Cc1cc(-c2cc3c(cc2Nc2ccc(C(C)(C)C)cc2)C(C)(C)c2cc4c(cc2-3)C(C)(C)CCC4(C)C)c2c3c1c1cc4c(cc1n3-c1cc3c(cc1[B]2)sc1ccccc13)oc1ccccc14. The lowest BCUT2D eigenvalue weighted by Crippen LogP contribution is -2.37. The largest absolute Gasteiger partial charge is 0.456 e. The van der Waals surface area contributed by atoms with Crippen molar-refractivity contribution in [1.82, 2.24) is 4.57 Å². The van der Waals surface area contributed by atoms with E-state index in [0.717, 1.165) is 33.3 Å². The van der Waals surface area contributed by atoms with Gasteiger partial charge in [-0.3, -0.25) is 0 Å². The number of fused-ring (bicyclic) bond motifs is 15. The number of furan rings is 1. The van der Waals surface area contributed by atoms with Gasteiger partial charge in [-0.05, 0) is 152 Å². The molecule has 5 heteroatoms. The van der Waals surface area contributed by atoms with Gasteiger partial charge in [-0.15, -0.1) is 11.3 Å². The average Bonchev–Trinajstić information content (AvgIpc) is 4.03. The first-order chi connectivity index (χ1) is 32.9. The molecule has 0 spiro atoms.